The molecule has 0 spiro atoms. The fourth-order valence-electron chi connectivity index (χ4n) is 1.97. The van der Waals surface area contributed by atoms with Crippen LogP contribution in [0.5, 0.6) is 0 Å². The molecule has 0 aromatic carbocycles. The molecule has 1 N–H and O–H groups in total. The first-order chi connectivity index (χ1) is 9.31. The summed E-state index contributed by atoms with van der Waals surface area (Å²) < 4.78 is 48.8. The molecule has 0 saturated heterocycles. The van der Waals surface area contributed by atoms with E-state index in [1.807, 2.05) is 0 Å². The highest BCUT2D eigenvalue weighted by Gasteiger charge is 2.57. The minimum atomic E-state index is -4.81. The van der Waals surface area contributed by atoms with E-state index in [2.05, 4.69) is 6.58 Å². The van der Waals surface area contributed by atoms with Crippen LogP contribution in [0.25, 0.3) is 0 Å². The Bertz CT molecular complexity index is 430. The van der Waals surface area contributed by atoms with Gasteiger partial charge in [0.05, 0.1) is 6.10 Å². The van der Waals surface area contributed by atoms with Crippen molar-refractivity contribution < 1.29 is 32.5 Å². The topological polar surface area (TPSA) is 55.8 Å². The molecule has 0 aromatic heterocycles. The predicted molar refractivity (Wildman–Crippen MR) is 69.6 cm³/mol. The summed E-state index contributed by atoms with van der Waals surface area (Å²) in [4.78, 5) is 11.5. The first-order valence-electron chi connectivity index (χ1n) is 6.64. The summed E-state index contributed by atoms with van der Waals surface area (Å²) in [6, 6.07) is 0. The number of carbonyl (C=O) groups is 1. The molecule has 0 bridgehead atoms. The molecule has 21 heavy (non-hydrogen) atoms. The Kier molecular flexibility index (Phi) is 4.80. The van der Waals surface area contributed by atoms with Crippen molar-refractivity contribution in [1.29, 1.82) is 0 Å². The van der Waals surface area contributed by atoms with Crippen molar-refractivity contribution >= 4 is 5.97 Å². The lowest BCUT2D eigenvalue weighted by Gasteiger charge is -2.48. The lowest BCUT2D eigenvalue weighted by atomic mass is 9.77. The van der Waals surface area contributed by atoms with Gasteiger partial charge in [0.15, 0.2) is 5.60 Å². The molecule has 4 nitrogen and oxygen atoms in total. The molecular weight excluding hydrogens is 289 g/mol. The lowest BCUT2D eigenvalue weighted by molar-refractivity contribution is -0.313. The molecule has 0 amide bonds. The van der Waals surface area contributed by atoms with Gasteiger partial charge in [-0.1, -0.05) is 6.58 Å². The fraction of sp³-hybridized carbons (Fsp3) is 0.786. The molecule has 0 radical (unpaired) electrons. The van der Waals surface area contributed by atoms with E-state index in [9.17, 15) is 23.1 Å². The van der Waals surface area contributed by atoms with E-state index in [4.69, 9.17) is 9.47 Å². The van der Waals surface area contributed by atoms with Crippen LogP contribution in [0, 0.1) is 0 Å². The largest absolute Gasteiger partial charge is 0.456 e. The van der Waals surface area contributed by atoms with Gasteiger partial charge in [-0.15, -0.1) is 0 Å². The Morgan fingerprint density at radius 1 is 1.48 bits per heavy atom. The maximum atomic E-state index is 12.8. The van der Waals surface area contributed by atoms with Gasteiger partial charge in [0, 0.05) is 5.57 Å². The van der Waals surface area contributed by atoms with Gasteiger partial charge in [0.25, 0.3) is 0 Å². The Morgan fingerprint density at radius 2 is 2.00 bits per heavy atom. The van der Waals surface area contributed by atoms with Crippen LogP contribution in [0.15, 0.2) is 12.2 Å². The van der Waals surface area contributed by atoms with E-state index in [0.717, 1.165) is 6.92 Å². The molecule has 122 valence electrons. The summed E-state index contributed by atoms with van der Waals surface area (Å²) in [5.41, 5.74) is -3.81. The van der Waals surface area contributed by atoms with Crippen LogP contribution in [0.4, 0.5) is 13.2 Å². The number of ether oxygens (including phenoxy) is 2. The molecule has 7 heteroatoms. The second-order valence-electron chi connectivity index (χ2n) is 5.93. The zero-order chi connectivity index (χ0) is 16.6. The van der Waals surface area contributed by atoms with E-state index in [0.29, 0.717) is 19.8 Å². The first-order valence-corrected chi connectivity index (χ1v) is 6.64. The highest BCUT2D eigenvalue weighted by molar-refractivity contribution is 5.87. The van der Waals surface area contributed by atoms with Gasteiger partial charge >= 0.3 is 12.1 Å². The molecule has 1 aliphatic rings. The third-order valence-corrected chi connectivity index (χ3v) is 3.99. The van der Waals surface area contributed by atoms with Crippen molar-refractivity contribution in [3.63, 3.8) is 0 Å². The number of rotatable bonds is 5. The molecule has 0 aliphatic heterocycles. The molecule has 1 saturated carbocycles. The van der Waals surface area contributed by atoms with Crippen molar-refractivity contribution in [1.82, 2.24) is 0 Å². The molecule has 1 fully saturated rings. The van der Waals surface area contributed by atoms with Gasteiger partial charge < -0.3 is 14.6 Å². The molecule has 1 aliphatic carbocycles. The van der Waals surface area contributed by atoms with E-state index >= 15 is 0 Å². The molecule has 0 aromatic rings. The van der Waals surface area contributed by atoms with Gasteiger partial charge in [-0.2, -0.15) is 13.2 Å². The van der Waals surface area contributed by atoms with Crippen LogP contribution >= 0.6 is 0 Å². The average molecular weight is 310 g/mol. The van der Waals surface area contributed by atoms with Crippen LogP contribution in [-0.4, -0.2) is 40.7 Å². The molecule has 4 unspecified atom stereocenters. The van der Waals surface area contributed by atoms with Gasteiger partial charge in [-0.3, -0.25) is 0 Å². The monoisotopic (exact) mass is 310 g/mol. The highest BCUT2D eigenvalue weighted by atomic mass is 19.4. The van der Waals surface area contributed by atoms with Crippen LogP contribution in [-0.2, 0) is 14.3 Å². The zero-order valence-electron chi connectivity index (χ0n) is 12.6. The van der Waals surface area contributed by atoms with Crippen LogP contribution in [0.2, 0.25) is 0 Å². The number of aliphatic hydroxyl groups is 1. The van der Waals surface area contributed by atoms with Crippen LogP contribution in [0.3, 0.4) is 0 Å². The van der Waals surface area contributed by atoms with Gasteiger partial charge in [0.2, 0.25) is 0 Å². The van der Waals surface area contributed by atoms with Crippen molar-refractivity contribution in [2.24, 2.45) is 0 Å². The van der Waals surface area contributed by atoms with Crippen molar-refractivity contribution in [3.8, 4) is 0 Å². The minimum Gasteiger partial charge on any atom is -0.456 e. The van der Waals surface area contributed by atoms with Crippen molar-refractivity contribution in [3.05, 3.63) is 12.2 Å². The number of hydrogen-bond donors (Lipinski definition) is 1. The Hall–Kier alpha value is -1.08. The van der Waals surface area contributed by atoms with Gasteiger partial charge in [0.1, 0.15) is 11.7 Å². The molecule has 0 heterocycles. The third-order valence-electron chi connectivity index (χ3n) is 3.99. The second-order valence-corrected chi connectivity index (χ2v) is 5.93. The quantitative estimate of drug-likeness (QED) is 0.626. The zero-order valence-corrected chi connectivity index (χ0v) is 12.6. The lowest BCUT2D eigenvalue weighted by Crippen LogP contribution is -2.60. The van der Waals surface area contributed by atoms with E-state index in [1.165, 1.54) is 6.92 Å². The standard InChI is InChI=1S/C14H21F3O4/c1-8(2)11(18)20-10-6-7-12(10,4)21-9(3)13(5,19)14(15,16)17/h9-10,19H,1,6-7H2,2-5H3. The maximum Gasteiger partial charge on any atom is 0.419 e. The van der Waals surface area contributed by atoms with E-state index < -0.39 is 35.6 Å². The van der Waals surface area contributed by atoms with Gasteiger partial charge in [-0.25, -0.2) is 4.79 Å². The average Bonchev–Trinajstić information content (AvgIpc) is 2.32. The summed E-state index contributed by atoms with van der Waals surface area (Å²) in [5.74, 6) is -0.607. The number of halogens is 3. The normalized spacial score (nSPS) is 30.0. The number of carbonyl (C=O) groups excluding carboxylic acids is 1. The smallest absolute Gasteiger partial charge is 0.419 e. The van der Waals surface area contributed by atoms with Crippen molar-refractivity contribution in [2.75, 3.05) is 0 Å². The van der Waals surface area contributed by atoms with E-state index in [1.54, 1.807) is 6.92 Å². The fourth-order valence-corrected chi connectivity index (χ4v) is 1.97. The third kappa shape index (κ3) is 3.58. The summed E-state index contributed by atoms with van der Waals surface area (Å²) in [5, 5.41) is 9.59. The Labute approximate surface area is 121 Å². The summed E-state index contributed by atoms with van der Waals surface area (Å²) in [6.07, 6.45) is -6.01. The molecule has 4 atom stereocenters. The first kappa shape index (κ1) is 18.0. The van der Waals surface area contributed by atoms with Crippen LogP contribution < -0.4 is 0 Å². The van der Waals surface area contributed by atoms with Gasteiger partial charge in [-0.05, 0) is 40.5 Å². The number of alkyl halides is 3. The van der Waals surface area contributed by atoms with E-state index in [-0.39, 0.29) is 5.57 Å². The maximum absolute atomic E-state index is 12.8. The minimum absolute atomic E-state index is 0.208. The summed E-state index contributed by atoms with van der Waals surface area (Å²) in [6.45, 7) is 8.30. The predicted octanol–water partition coefficient (Wildman–Crippen LogP) is 2.75. The highest BCUT2D eigenvalue weighted by Crippen LogP contribution is 2.43. The molecule has 1 rings (SSSR count). The van der Waals surface area contributed by atoms with Crippen LogP contribution in [0.1, 0.15) is 40.5 Å². The summed E-state index contributed by atoms with van der Waals surface area (Å²) >= 11 is 0. The van der Waals surface area contributed by atoms with Crippen molar-refractivity contribution in [2.45, 2.75) is 70.1 Å². The Morgan fingerprint density at radius 3 is 2.33 bits per heavy atom. The second kappa shape index (κ2) is 5.61. The SMILES string of the molecule is C=C(C)C(=O)OC1CCC1(C)OC(C)C(C)(O)C(F)(F)F. The Balaban J connectivity index is 2.73. The number of esters is 1. The molecular formula is C14H21F3O4. The number of hydrogen-bond acceptors (Lipinski definition) is 4. The summed E-state index contributed by atoms with van der Waals surface area (Å²) in [7, 11) is 0.